The van der Waals surface area contributed by atoms with Crippen molar-refractivity contribution >= 4 is 52.2 Å². The molecule has 1 saturated heterocycles. The number of hydrogen-bond donors (Lipinski definition) is 2. The molecule has 0 unspecified atom stereocenters. The van der Waals surface area contributed by atoms with E-state index in [1.807, 2.05) is 0 Å². The van der Waals surface area contributed by atoms with E-state index in [9.17, 15) is 9.59 Å². The molecule has 0 aromatic heterocycles. The number of carboxylic acid groups (broad SMARTS) is 1. The number of ether oxygens (including phenoxy) is 2. The van der Waals surface area contributed by atoms with Gasteiger partial charge >= 0.3 is 5.97 Å². The zero-order chi connectivity index (χ0) is 24.1. The van der Waals surface area contributed by atoms with Gasteiger partial charge in [-0.15, -0.1) is 0 Å². The van der Waals surface area contributed by atoms with E-state index in [2.05, 4.69) is 10.3 Å². The molecule has 2 N–H and O–H groups in total. The number of halogens is 1. The first-order valence-corrected chi connectivity index (χ1v) is 11.3. The average molecular weight is 495 g/mol. The third-order valence-electron chi connectivity index (χ3n) is 4.76. The van der Waals surface area contributed by atoms with Gasteiger partial charge in [-0.25, -0.2) is 9.79 Å². The Morgan fingerprint density at radius 3 is 2.65 bits per heavy atom. The first-order chi connectivity index (χ1) is 16.4. The van der Waals surface area contributed by atoms with Crippen LogP contribution in [-0.4, -0.2) is 29.3 Å². The highest BCUT2D eigenvalue weighted by molar-refractivity contribution is 8.18. The topological polar surface area (TPSA) is 97.2 Å². The molecule has 9 heteroatoms. The van der Waals surface area contributed by atoms with Gasteiger partial charge in [-0.2, -0.15) is 0 Å². The maximum absolute atomic E-state index is 12.4. The average Bonchev–Trinajstić information content (AvgIpc) is 3.18. The van der Waals surface area contributed by atoms with E-state index in [0.29, 0.717) is 32.3 Å². The van der Waals surface area contributed by atoms with Gasteiger partial charge in [-0.1, -0.05) is 29.8 Å². The Kier molecular flexibility index (Phi) is 7.20. The van der Waals surface area contributed by atoms with E-state index >= 15 is 0 Å². The number of methoxy groups -OCH3 is 1. The minimum absolute atomic E-state index is 0.181. The first kappa shape index (κ1) is 23.4. The second-order valence-corrected chi connectivity index (χ2v) is 8.63. The molecule has 0 spiro atoms. The molecule has 1 aliphatic heterocycles. The summed E-state index contributed by atoms with van der Waals surface area (Å²) in [4.78, 5) is 28.5. The molecule has 1 aliphatic rings. The molecule has 1 amide bonds. The standard InChI is InChI=1S/C25H19ClN2O5S/c1-32-21-12-15(5-10-20(21)33-14-16-3-2-4-17(11-16)24(30)31)13-22-23(29)28-25(34-22)27-19-8-6-18(26)7-9-19/h2-13H,14H2,1H3,(H,30,31)(H,27,28,29). The van der Waals surface area contributed by atoms with Crippen LogP contribution in [0.4, 0.5) is 5.69 Å². The van der Waals surface area contributed by atoms with Gasteiger partial charge in [0.05, 0.1) is 23.3 Å². The van der Waals surface area contributed by atoms with Gasteiger partial charge in [0.15, 0.2) is 16.7 Å². The lowest BCUT2D eigenvalue weighted by Crippen LogP contribution is -2.19. The minimum Gasteiger partial charge on any atom is -0.493 e. The quantitative estimate of drug-likeness (QED) is 0.420. The lowest BCUT2D eigenvalue weighted by molar-refractivity contribution is -0.115. The Morgan fingerprint density at radius 1 is 1.12 bits per heavy atom. The van der Waals surface area contributed by atoms with Crippen molar-refractivity contribution in [1.29, 1.82) is 0 Å². The predicted molar refractivity (Wildman–Crippen MR) is 133 cm³/mol. The highest BCUT2D eigenvalue weighted by Crippen LogP contribution is 2.33. The fourth-order valence-corrected chi connectivity index (χ4v) is 4.08. The van der Waals surface area contributed by atoms with Gasteiger partial charge in [-0.05, 0) is 77.5 Å². The van der Waals surface area contributed by atoms with E-state index in [1.165, 1.54) is 24.9 Å². The molecule has 0 aliphatic carbocycles. The predicted octanol–water partition coefficient (Wildman–Crippen LogP) is 5.52. The van der Waals surface area contributed by atoms with E-state index in [-0.39, 0.29) is 18.1 Å². The number of aliphatic imine (C=N–C) groups is 1. The number of benzene rings is 3. The SMILES string of the molecule is COc1cc(C=C2SC(=Nc3ccc(Cl)cc3)NC2=O)ccc1OCc1cccc(C(=O)O)c1. The van der Waals surface area contributed by atoms with Crippen LogP contribution >= 0.6 is 23.4 Å². The highest BCUT2D eigenvalue weighted by atomic mass is 35.5. The normalized spacial score (nSPS) is 15.4. The molecule has 0 atom stereocenters. The van der Waals surface area contributed by atoms with Crippen LogP contribution in [0.5, 0.6) is 11.5 Å². The largest absolute Gasteiger partial charge is 0.493 e. The number of carboxylic acids is 1. The Bertz CT molecular complexity index is 1300. The summed E-state index contributed by atoms with van der Waals surface area (Å²) in [5.74, 6) is -0.247. The van der Waals surface area contributed by atoms with E-state index in [4.69, 9.17) is 26.2 Å². The van der Waals surface area contributed by atoms with Crippen molar-refractivity contribution in [3.05, 3.63) is 93.3 Å². The van der Waals surface area contributed by atoms with Gasteiger partial charge in [0, 0.05) is 5.02 Å². The molecule has 0 saturated carbocycles. The zero-order valence-corrected chi connectivity index (χ0v) is 19.5. The van der Waals surface area contributed by atoms with Crippen LogP contribution in [-0.2, 0) is 11.4 Å². The van der Waals surface area contributed by atoms with Gasteiger partial charge in [-0.3, -0.25) is 4.79 Å². The van der Waals surface area contributed by atoms with Gasteiger partial charge in [0.2, 0.25) is 0 Å². The number of amidine groups is 1. The summed E-state index contributed by atoms with van der Waals surface area (Å²) in [5.41, 5.74) is 2.36. The fraction of sp³-hybridized carbons (Fsp3) is 0.0800. The van der Waals surface area contributed by atoms with Crippen LogP contribution in [0, 0.1) is 0 Å². The van der Waals surface area contributed by atoms with Crippen LogP contribution < -0.4 is 14.8 Å². The van der Waals surface area contributed by atoms with Gasteiger partial charge in [0.25, 0.3) is 5.91 Å². The van der Waals surface area contributed by atoms with E-state index < -0.39 is 5.97 Å². The number of thioether (sulfide) groups is 1. The number of rotatable bonds is 7. The molecule has 4 rings (SSSR count). The summed E-state index contributed by atoms with van der Waals surface area (Å²) in [5, 5.41) is 13.0. The summed E-state index contributed by atoms with van der Waals surface area (Å²) in [6.45, 7) is 0.181. The summed E-state index contributed by atoms with van der Waals surface area (Å²) < 4.78 is 11.3. The zero-order valence-electron chi connectivity index (χ0n) is 17.9. The molecule has 172 valence electrons. The van der Waals surface area contributed by atoms with E-state index in [1.54, 1.807) is 66.7 Å². The lowest BCUT2D eigenvalue weighted by Gasteiger charge is -2.12. The molecule has 0 bridgehead atoms. The van der Waals surface area contributed by atoms with Crippen molar-refractivity contribution in [2.45, 2.75) is 6.61 Å². The van der Waals surface area contributed by atoms with Crippen LogP contribution in [0.15, 0.2) is 76.6 Å². The summed E-state index contributed by atoms with van der Waals surface area (Å²) in [6.07, 6.45) is 1.74. The van der Waals surface area contributed by atoms with E-state index in [0.717, 1.165) is 11.1 Å². The van der Waals surface area contributed by atoms with Crippen molar-refractivity contribution in [1.82, 2.24) is 5.32 Å². The summed E-state index contributed by atoms with van der Waals surface area (Å²) >= 11 is 7.14. The third kappa shape index (κ3) is 5.78. The number of aromatic carboxylic acids is 1. The molecular weight excluding hydrogens is 476 g/mol. The van der Waals surface area contributed by atoms with Crippen molar-refractivity contribution in [2.24, 2.45) is 4.99 Å². The smallest absolute Gasteiger partial charge is 0.335 e. The van der Waals surface area contributed by atoms with Crippen LogP contribution in [0.1, 0.15) is 21.5 Å². The molecular formula is C25H19ClN2O5S. The maximum Gasteiger partial charge on any atom is 0.335 e. The lowest BCUT2D eigenvalue weighted by atomic mass is 10.1. The Hall–Kier alpha value is -3.75. The third-order valence-corrected chi connectivity index (χ3v) is 5.92. The molecule has 0 radical (unpaired) electrons. The first-order valence-electron chi connectivity index (χ1n) is 10.1. The molecule has 1 fully saturated rings. The van der Waals surface area contributed by atoms with Crippen molar-refractivity contribution in [2.75, 3.05) is 7.11 Å². The second kappa shape index (κ2) is 10.5. The van der Waals surface area contributed by atoms with Crippen molar-refractivity contribution < 1.29 is 24.2 Å². The van der Waals surface area contributed by atoms with Crippen LogP contribution in [0.2, 0.25) is 5.02 Å². The van der Waals surface area contributed by atoms with Gasteiger partial charge < -0.3 is 19.9 Å². The van der Waals surface area contributed by atoms with Gasteiger partial charge in [0.1, 0.15) is 6.61 Å². The van der Waals surface area contributed by atoms with Crippen molar-refractivity contribution in [3.63, 3.8) is 0 Å². The molecule has 3 aromatic rings. The Balaban J connectivity index is 1.47. The summed E-state index contributed by atoms with van der Waals surface area (Å²) in [6, 6.07) is 18.9. The molecule has 34 heavy (non-hydrogen) atoms. The number of nitrogens with one attached hydrogen (secondary N) is 1. The fourth-order valence-electron chi connectivity index (χ4n) is 3.11. The number of nitrogens with zero attached hydrogens (tertiary/aromatic N) is 1. The Labute approximate surface area is 205 Å². The molecule has 3 aromatic carbocycles. The number of carbonyl (C=O) groups excluding carboxylic acids is 1. The molecule has 7 nitrogen and oxygen atoms in total. The van der Waals surface area contributed by atoms with Crippen LogP contribution in [0.25, 0.3) is 6.08 Å². The monoisotopic (exact) mass is 494 g/mol. The van der Waals surface area contributed by atoms with Crippen LogP contribution in [0.3, 0.4) is 0 Å². The number of hydrogen-bond acceptors (Lipinski definition) is 6. The maximum atomic E-state index is 12.4. The van der Waals surface area contributed by atoms with Crippen molar-refractivity contribution in [3.8, 4) is 11.5 Å². The highest BCUT2D eigenvalue weighted by Gasteiger charge is 2.24. The summed E-state index contributed by atoms with van der Waals surface area (Å²) in [7, 11) is 1.53. The number of carbonyl (C=O) groups is 2. The minimum atomic E-state index is -0.994. The molecule has 1 heterocycles. The number of amides is 1. The second-order valence-electron chi connectivity index (χ2n) is 7.16. The Morgan fingerprint density at radius 2 is 1.91 bits per heavy atom.